The van der Waals surface area contributed by atoms with Gasteiger partial charge < -0.3 is 10.6 Å². The second-order valence-corrected chi connectivity index (χ2v) is 5.49. The highest BCUT2D eigenvalue weighted by Crippen LogP contribution is 2.34. The topological polar surface area (TPSA) is 46.3 Å². The number of anilines is 2. The van der Waals surface area contributed by atoms with Gasteiger partial charge in [0.15, 0.2) is 0 Å². The van der Waals surface area contributed by atoms with E-state index < -0.39 is 0 Å². The van der Waals surface area contributed by atoms with E-state index in [1.54, 1.807) is 0 Å². The number of carbonyl (C=O) groups excluding carboxylic acids is 1. The average Bonchev–Trinajstić information content (AvgIpc) is 2.98. The van der Waals surface area contributed by atoms with Crippen molar-refractivity contribution in [2.24, 2.45) is 5.92 Å². The van der Waals surface area contributed by atoms with E-state index >= 15 is 0 Å². The summed E-state index contributed by atoms with van der Waals surface area (Å²) < 4.78 is 0. The number of amides is 1. The normalized spacial score (nSPS) is 19.2. The summed E-state index contributed by atoms with van der Waals surface area (Å²) in [5.74, 6) is 0.897. The Morgan fingerprint density at radius 3 is 2.89 bits per heavy atom. The maximum absolute atomic E-state index is 12.4. The lowest BCUT2D eigenvalue weighted by Crippen LogP contribution is -2.30. The van der Waals surface area contributed by atoms with Gasteiger partial charge in [-0.2, -0.15) is 0 Å². The number of benzene rings is 1. The van der Waals surface area contributed by atoms with Crippen molar-refractivity contribution in [2.45, 2.75) is 38.5 Å². The molecule has 2 aliphatic rings. The molecule has 0 atom stereocenters. The first-order valence-electron chi connectivity index (χ1n) is 6.93. The smallest absolute Gasteiger partial charge is 0.227 e. The largest absolute Gasteiger partial charge is 0.398 e. The van der Waals surface area contributed by atoms with Crippen molar-refractivity contribution < 1.29 is 4.79 Å². The second-order valence-electron chi connectivity index (χ2n) is 5.49. The van der Waals surface area contributed by atoms with Crippen LogP contribution in [0.15, 0.2) is 18.2 Å². The highest BCUT2D eigenvalue weighted by molar-refractivity contribution is 5.96. The number of nitrogen functional groups attached to an aromatic ring is 1. The lowest BCUT2D eigenvalue weighted by molar-refractivity contribution is -0.119. The molecule has 1 heterocycles. The summed E-state index contributed by atoms with van der Waals surface area (Å²) in [5.41, 5.74) is 8.97. The van der Waals surface area contributed by atoms with Crippen molar-refractivity contribution in [3.05, 3.63) is 23.8 Å². The van der Waals surface area contributed by atoms with Crippen LogP contribution in [0.25, 0.3) is 0 Å². The van der Waals surface area contributed by atoms with Crippen LogP contribution in [-0.2, 0) is 11.2 Å². The summed E-state index contributed by atoms with van der Waals surface area (Å²) >= 11 is 0. The van der Waals surface area contributed by atoms with Gasteiger partial charge in [-0.3, -0.25) is 4.79 Å². The van der Waals surface area contributed by atoms with Gasteiger partial charge in [-0.25, -0.2) is 0 Å². The van der Waals surface area contributed by atoms with E-state index in [2.05, 4.69) is 0 Å². The Morgan fingerprint density at radius 2 is 2.11 bits per heavy atom. The molecule has 1 amide bonds. The van der Waals surface area contributed by atoms with Crippen molar-refractivity contribution in [3.63, 3.8) is 0 Å². The fourth-order valence-electron chi connectivity index (χ4n) is 3.29. The average molecular weight is 244 g/mol. The minimum absolute atomic E-state index is 0.284. The molecule has 0 radical (unpaired) electrons. The molecule has 1 fully saturated rings. The van der Waals surface area contributed by atoms with Crippen LogP contribution in [0.2, 0.25) is 0 Å². The molecule has 96 valence electrons. The van der Waals surface area contributed by atoms with E-state index in [1.165, 1.54) is 25.7 Å². The summed E-state index contributed by atoms with van der Waals surface area (Å²) in [6.07, 6.45) is 6.66. The van der Waals surface area contributed by atoms with Crippen LogP contribution in [0.3, 0.4) is 0 Å². The zero-order chi connectivity index (χ0) is 12.5. The van der Waals surface area contributed by atoms with Crippen LogP contribution in [-0.4, -0.2) is 12.5 Å². The van der Waals surface area contributed by atoms with Crippen molar-refractivity contribution in [3.8, 4) is 0 Å². The van der Waals surface area contributed by atoms with Crippen LogP contribution in [0.5, 0.6) is 0 Å². The molecule has 18 heavy (non-hydrogen) atoms. The van der Waals surface area contributed by atoms with Gasteiger partial charge in [0.05, 0.1) is 0 Å². The van der Waals surface area contributed by atoms with Gasteiger partial charge in [0.2, 0.25) is 5.91 Å². The van der Waals surface area contributed by atoms with Gasteiger partial charge >= 0.3 is 0 Å². The minimum Gasteiger partial charge on any atom is -0.398 e. The monoisotopic (exact) mass is 244 g/mol. The number of fused-ring (bicyclic) bond motifs is 1. The first-order chi connectivity index (χ1) is 8.75. The molecule has 1 aromatic carbocycles. The number of hydrogen-bond donors (Lipinski definition) is 1. The van der Waals surface area contributed by atoms with Crippen molar-refractivity contribution in [1.82, 2.24) is 0 Å². The van der Waals surface area contributed by atoms with Crippen LogP contribution in [0, 0.1) is 5.92 Å². The summed E-state index contributed by atoms with van der Waals surface area (Å²) in [5, 5.41) is 0. The van der Waals surface area contributed by atoms with Gasteiger partial charge in [0.1, 0.15) is 0 Å². The number of carbonyl (C=O) groups is 1. The maximum atomic E-state index is 12.4. The summed E-state index contributed by atoms with van der Waals surface area (Å²) in [6.45, 7) is 0.801. The highest BCUT2D eigenvalue weighted by Gasteiger charge is 2.28. The van der Waals surface area contributed by atoms with Crippen LogP contribution in [0.4, 0.5) is 11.4 Å². The molecule has 3 nitrogen and oxygen atoms in total. The number of nitrogens with two attached hydrogens (primary N) is 1. The van der Waals surface area contributed by atoms with E-state index in [4.69, 9.17) is 5.73 Å². The Bertz CT molecular complexity index is 464. The third-order valence-corrected chi connectivity index (χ3v) is 4.30. The Labute approximate surface area is 108 Å². The zero-order valence-corrected chi connectivity index (χ0v) is 10.7. The SMILES string of the molecule is Nc1cccc2c1CCN2C(=O)CC1CCCC1. The van der Waals surface area contributed by atoms with E-state index in [1.807, 2.05) is 23.1 Å². The molecule has 1 aliphatic heterocycles. The van der Waals surface area contributed by atoms with Crippen LogP contribution >= 0.6 is 0 Å². The maximum Gasteiger partial charge on any atom is 0.227 e. The lowest BCUT2D eigenvalue weighted by atomic mass is 10.0. The third kappa shape index (κ3) is 1.98. The molecule has 0 saturated heterocycles. The predicted octanol–water partition coefficient (Wildman–Crippen LogP) is 2.74. The third-order valence-electron chi connectivity index (χ3n) is 4.30. The standard InChI is InChI=1S/C15H20N2O/c16-13-6-3-7-14-12(13)8-9-17(14)15(18)10-11-4-1-2-5-11/h3,6-7,11H,1-2,4-5,8-10,16H2. The molecule has 3 heteroatoms. The Hall–Kier alpha value is -1.51. The van der Waals surface area contributed by atoms with E-state index in [-0.39, 0.29) is 5.91 Å². The van der Waals surface area contributed by atoms with Gasteiger partial charge in [-0.15, -0.1) is 0 Å². The molecule has 2 N–H and O–H groups in total. The summed E-state index contributed by atoms with van der Waals surface area (Å²) in [7, 11) is 0. The quantitative estimate of drug-likeness (QED) is 0.813. The fraction of sp³-hybridized carbons (Fsp3) is 0.533. The van der Waals surface area contributed by atoms with Gasteiger partial charge in [0.25, 0.3) is 0 Å². The van der Waals surface area contributed by atoms with Gasteiger partial charge in [0, 0.05) is 29.9 Å². The fourth-order valence-corrected chi connectivity index (χ4v) is 3.29. The molecule has 3 rings (SSSR count). The predicted molar refractivity (Wildman–Crippen MR) is 73.5 cm³/mol. The lowest BCUT2D eigenvalue weighted by Gasteiger charge is -2.19. The second kappa shape index (κ2) is 4.63. The molecular weight excluding hydrogens is 224 g/mol. The van der Waals surface area contributed by atoms with Gasteiger partial charge in [-0.05, 0) is 37.3 Å². The number of hydrogen-bond acceptors (Lipinski definition) is 2. The van der Waals surface area contributed by atoms with Crippen LogP contribution < -0.4 is 10.6 Å². The first-order valence-corrected chi connectivity index (χ1v) is 6.93. The molecule has 1 aromatic rings. The van der Waals surface area contributed by atoms with E-state index in [0.29, 0.717) is 12.3 Å². The number of nitrogens with zero attached hydrogens (tertiary/aromatic N) is 1. The molecule has 0 unspecified atom stereocenters. The highest BCUT2D eigenvalue weighted by atomic mass is 16.2. The Kier molecular flexibility index (Phi) is 2.98. The van der Waals surface area contributed by atoms with E-state index in [9.17, 15) is 4.79 Å². The van der Waals surface area contributed by atoms with Gasteiger partial charge in [-0.1, -0.05) is 18.9 Å². The van der Waals surface area contributed by atoms with Crippen molar-refractivity contribution in [1.29, 1.82) is 0 Å². The van der Waals surface area contributed by atoms with Crippen molar-refractivity contribution >= 4 is 17.3 Å². The Balaban J connectivity index is 1.75. The zero-order valence-electron chi connectivity index (χ0n) is 10.7. The van der Waals surface area contributed by atoms with Crippen LogP contribution in [0.1, 0.15) is 37.7 Å². The van der Waals surface area contributed by atoms with E-state index in [0.717, 1.165) is 29.9 Å². The first kappa shape index (κ1) is 11.6. The summed E-state index contributed by atoms with van der Waals surface area (Å²) in [4.78, 5) is 14.3. The molecule has 0 aromatic heterocycles. The minimum atomic E-state index is 0.284. The molecule has 0 spiro atoms. The summed E-state index contributed by atoms with van der Waals surface area (Å²) in [6, 6.07) is 5.88. The Morgan fingerprint density at radius 1 is 1.33 bits per heavy atom. The van der Waals surface area contributed by atoms with Crippen molar-refractivity contribution in [2.75, 3.05) is 17.2 Å². The number of rotatable bonds is 2. The molecule has 0 bridgehead atoms. The molecule has 1 aliphatic carbocycles. The molecular formula is C15H20N2O. The molecule has 1 saturated carbocycles.